The van der Waals surface area contributed by atoms with Crippen molar-refractivity contribution in [2.45, 2.75) is 26.3 Å². The maximum Gasteiger partial charge on any atom is 0.236 e. The van der Waals surface area contributed by atoms with E-state index in [1.165, 1.54) is 0 Å². The first-order chi connectivity index (χ1) is 6.14. The van der Waals surface area contributed by atoms with E-state index in [-0.39, 0.29) is 0 Å². The number of hydrogen-bond donors (Lipinski definition) is 0. The van der Waals surface area contributed by atoms with E-state index in [0.717, 1.165) is 0 Å². The van der Waals surface area contributed by atoms with Crippen molar-refractivity contribution in [1.29, 1.82) is 0 Å². The number of methoxy groups -OCH3 is 2. The maximum absolute atomic E-state index is 5.42. The van der Waals surface area contributed by atoms with Gasteiger partial charge in [0, 0.05) is 14.2 Å². The van der Waals surface area contributed by atoms with Gasteiger partial charge < -0.3 is 18.5 Å². The molecule has 80 valence electrons. The summed E-state index contributed by atoms with van der Waals surface area (Å²) in [6, 6.07) is 0. The number of hydrogen-bond acceptors (Lipinski definition) is 4. The molecule has 0 aliphatic carbocycles. The first kappa shape index (κ1) is 13.3. The van der Waals surface area contributed by atoms with Gasteiger partial charge in [0.2, 0.25) is 13.9 Å². The average molecular weight is 210 g/mol. The molecular weight excluding hydrogens is 191 g/mol. The Hall–Kier alpha value is 0.270. The summed E-state index contributed by atoms with van der Waals surface area (Å²) >= 11 is 0. The first-order valence-corrected chi connectivity index (χ1v) is 5.48. The van der Waals surface area contributed by atoms with Gasteiger partial charge in [0.25, 0.3) is 0 Å². The standard InChI is InChI=1S/C8H19O4P/c1-6-11-13(12-7-2)8(3,9-4)10-5/h6-7H2,1-5H3. The van der Waals surface area contributed by atoms with Crippen LogP contribution in [0.1, 0.15) is 20.8 Å². The predicted molar refractivity (Wildman–Crippen MR) is 52.6 cm³/mol. The Morgan fingerprint density at radius 3 is 1.62 bits per heavy atom. The van der Waals surface area contributed by atoms with Gasteiger partial charge in [-0.2, -0.15) is 0 Å². The normalized spacial score (nSPS) is 12.5. The van der Waals surface area contributed by atoms with Crippen LogP contribution in [-0.4, -0.2) is 33.0 Å². The SMILES string of the molecule is CCOP(OCC)C(C)(OC)OC. The van der Waals surface area contributed by atoms with Crippen LogP contribution in [0.25, 0.3) is 0 Å². The van der Waals surface area contributed by atoms with Gasteiger partial charge in [-0.1, -0.05) is 0 Å². The lowest BCUT2D eigenvalue weighted by Crippen LogP contribution is -2.29. The quantitative estimate of drug-likeness (QED) is 0.477. The fourth-order valence-electron chi connectivity index (χ4n) is 0.739. The van der Waals surface area contributed by atoms with Crippen LogP contribution >= 0.6 is 8.38 Å². The summed E-state index contributed by atoms with van der Waals surface area (Å²) in [5, 5.41) is 0. The largest absolute Gasteiger partial charge is 0.346 e. The Kier molecular flexibility index (Phi) is 6.82. The molecule has 0 unspecified atom stereocenters. The lowest BCUT2D eigenvalue weighted by molar-refractivity contribution is -0.138. The molecule has 13 heavy (non-hydrogen) atoms. The molecule has 0 aliphatic heterocycles. The van der Waals surface area contributed by atoms with Gasteiger partial charge in [-0.3, -0.25) is 0 Å². The number of rotatable bonds is 7. The lowest BCUT2D eigenvalue weighted by atomic mass is 10.7. The van der Waals surface area contributed by atoms with E-state index in [0.29, 0.717) is 13.2 Å². The summed E-state index contributed by atoms with van der Waals surface area (Å²) in [6.45, 7) is 6.83. The third-order valence-electron chi connectivity index (χ3n) is 1.58. The molecule has 0 radical (unpaired) electrons. The molecule has 0 aromatic carbocycles. The van der Waals surface area contributed by atoms with E-state index in [9.17, 15) is 0 Å². The van der Waals surface area contributed by atoms with Crippen LogP contribution in [0.3, 0.4) is 0 Å². The van der Waals surface area contributed by atoms with Gasteiger partial charge in [0.05, 0.1) is 13.2 Å². The average Bonchev–Trinajstić information content (AvgIpc) is 2.16. The Morgan fingerprint density at radius 1 is 1.00 bits per heavy atom. The third kappa shape index (κ3) is 3.88. The van der Waals surface area contributed by atoms with Crippen LogP contribution in [-0.2, 0) is 18.5 Å². The summed E-state index contributed by atoms with van der Waals surface area (Å²) in [5.74, 6) is 0. The molecule has 5 heteroatoms. The predicted octanol–water partition coefficient (Wildman–Crippen LogP) is 2.34. The zero-order chi connectivity index (χ0) is 10.3. The van der Waals surface area contributed by atoms with Gasteiger partial charge >= 0.3 is 0 Å². The molecule has 0 amide bonds. The molecule has 0 atom stereocenters. The maximum atomic E-state index is 5.42. The second-order valence-electron chi connectivity index (χ2n) is 2.40. The third-order valence-corrected chi connectivity index (χ3v) is 3.60. The highest BCUT2D eigenvalue weighted by molar-refractivity contribution is 7.48. The smallest absolute Gasteiger partial charge is 0.236 e. The molecule has 0 saturated heterocycles. The monoisotopic (exact) mass is 210 g/mol. The fraction of sp³-hybridized carbons (Fsp3) is 1.00. The summed E-state index contributed by atoms with van der Waals surface area (Å²) in [5.41, 5.74) is -0.776. The van der Waals surface area contributed by atoms with Gasteiger partial charge in [-0.25, -0.2) is 0 Å². The molecule has 0 heterocycles. The van der Waals surface area contributed by atoms with Crippen molar-refractivity contribution in [2.24, 2.45) is 0 Å². The summed E-state index contributed by atoms with van der Waals surface area (Å²) in [7, 11) is 2.01. The van der Waals surface area contributed by atoms with E-state index < -0.39 is 13.9 Å². The van der Waals surface area contributed by atoms with Crippen molar-refractivity contribution in [1.82, 2.24) is 0 Å². The van der Waals surface area contributed by atoms with Crippen LogP contribution in [0.2, 0.25) is 0 Å². The van der Waals surface area contributed by atoms with Crippen LogP contribution in [0.15, 0.2) is 0 Å². The van der Waals surface area contributed by atoms with E-state index in [1.807, 2.05) is 20.8 Å². The van der Waals surface area contributed by atoms with Gasteiger partial charge in [0.15, 0.2) is 0 Å². The Bertz CT molecular complexity index is 121. The Morgan fingerprint density at radius 2 is 1.38 bits per heavy atom. The minimum absolute atomic E-state index is 0.591. The van der Waals surface area contributed by atoms with Crippen molar-refractivity contribution < 1.29 is 18.5 Å². The second-order valence-corrected chi connectivity index (χ2v) is 4.24. The summed E-state index contributed by atoms with van der Waals surface area (Å²) in [4.78, 5) is 0. The molecule has 0 fully saturated rings. The molecule has 0 saturated carbocycles. The molecular formula is C8H19O4P. The lowest BCUT2D eigenvalue weighted by Gasteiger charge is -2.32. The zero-order valence-electron chi connectivity index (χ0n) is 8.99. The Labute approximate surface area is 81.4 Å². The van der Waals surface area contributed by atoms with Crippen LogP contribution in [0, 0.1) is 0 Å². The molecule has 0 spiro atoms. The van der Waals surface area contributed by atoms with Crippen molar-refractivity contribution in [3.63, 3.8) is 0 Å². The molecule has 0 aromatic rings. The molecule has 0 bridgehead atoms. The van der Waals surface area contributed by atoms with Gasteiger partial charge in [-0.15, -0.1) is 0 Å². The highest BCUT2D eigenvalue weighted by atomic mass is 31.2. The fourth-order valence-corrected chi connectivity index (χ4v) is 2.05. The van der Waals surface area contributed by atoms with Crippen LogP contribution < -0.4 is 0 Å². The Balaban J connectivity index is 4.28. The van der Waals surface area contributed by atoms with Gasteiger partial charge in [0.1, 0.15) is 0 Å². The van der Waals surface area contributed by atoms with E-state index in [1.54, 1.807) is 14.2 Å². The van der Waals surface area contributed by atoms with E-state index >= 15 is 0 Å². The molecule has 0 N–H and O–H groups in total. The summed E-state index contributed by atoms with van der Waals surface area (Å²) < 4.78 is 21.3. The molecule has 0 rings (SSSR count). The number of ether oxygens (including phenoxy) is 2. The minimum Gasteiger partial charge on any atom is -0.346 e. The zero-order valence-corrected chi connectivity index (χ0v) is 9.89. The van der Waals surface area contributed by atoms with Crippen molar-refractivity contribution in [2.75, 3.05) is 27.4 Å². The minimum atomic E-state index is -1.15. The van der Waals surface area contributed by atoms with Crippen molar-refractivity contribution in [3.05, 3.63) is 0 Å². The molecule has 0 aliphatic rings. The second kappa shape index (κ2) is 6.68. The molecule has 0 aromatic heterocycles. The summed E-state index contributed by atoms with van der Waals surface area (Å²) in [6.07, 6.45) is 0. The van der Waals surface area contributed by atoms with Gasteiger partial charge in [-0.05, 0) is 20.8 Å². The highest BCUT2D eigenvalue weighted by Gasteiger charge is 2.37. The van der Waals surface area contributed by atoms with Crippen LogP contribution in [0.4, 0.5) is 0 Å². The van der Waals surface area contributed by atoms with E-state index in [2.05, 4.69) is 0 Å². The van der Waals surface area contributed by atoms with E-state index in [4.69, 9.17) is 18.5 Å². The highest BCUT2D eigenvalue weighted by Crippen LogP contribution is 2.52. The first-order valence-electron chi connectivity index (χ1n) is 4.31. The van der Waals surface area contributed by atoms with Crippen molar-refractivity contribution >= 4 is 8.38 Å². The van der Waals surface area contributed by atoms with Crippen molar-refractivity contribution in [3.8, 4) is 0 Å². The van der Waals surface area contributed by atoms with Crippen LogP contribution in [0.5, 0.6) is 0 Å². The molecule has 4 nitrogen and oxygen atoms in total. The topological polar surface area (TPSA) is 36.9 Å².